The van der Waals surface area contributed by atoms with E-state index in [4.69, 9.17) is 10.5 Å². The highest BCUT2D eigenvalue weighted by atomic mass is 35.5. The zero-order valence-electron chi connectivity index (χ0n) is 11.4. The number of likely N-dealkylation sites (tertiary alicyclic amines) is 1. The number of hydrogen-bond acceptors (Lipinski definition) is 4. The monoisotopic (exact) mass is 324 g/mol. The number of H-pyrrole nitrogens is 1. The van der Waals surface area contributed by atoms with Crippen molar-refractivity contribution in [1.29, 1.82) is 0 Å². The molecule has 6 nitrogen and oxygen atoms in total. The average Bonchev–Trinajstić information content (AvgIpc) is 2.92. The Morgan fingerprint density at radius 2 is 2.20 bits per heavy atom. The predicted octanol–water partition coefficient (Wildman–Crippen LogP) is 0.933. The largest absolute Gasteiger partial charge is 0.383 e. The smallest absolute Gasteiger partial charge is 0.241 e. The van der Waals surface area contributed by atoms with Crippen LogP contribution >= 0.6 is 24.8 Å². The molecule has 1 aliphatic rings. The summed E-state index contributed by atoms with van der Waals surface area (Å²) in [6.45, 7) is 1.78. The van der Waals surface area contributed by atoms with Crippen LogP contribution in [-0.2, 0) is 9.53 Å². The van der Waals surface area contributed by atoms with Gasteiger partial charge in [-0.3, -0.25) is 9.89 Å². The Morgan fingerprint density at radius 3 is 2.70 bits per heavy atom. The normalized spacial score (nSPS) is 17.0. The molecular weight excluding hydrogens is 303 g/mol. The fourth-order valence-electron chi connectivity index (χ4n) is 2.39. The number of methoxy groups -OCH3 is 1. The van der Waals surface area contributed by atoms with Gasteiger partial charge in [0.2, 0.25) is 5.91 Å². The zero-order chi connectivity index (χ0) is 13.0. The van der Waals surface area contributed by atoms with Crippen LogP contribution in [0.5, 0.6) is 0 Å². The summed E-state index contributed by atoms with van der Waals surface area (Å²) in [4.78, 5) is 13.8. The molecule has 0 saturated carbocycles. The molecular formula is C12H22Cl2N4O2. The summed E-state index contributed by atoms with van der Waals surface area (Å²) in [6, 6.07) is 1.46. The van der Waals surface area contributed by atoms with Crippen LogP contribution in [0.15, 0.2) is 12.3 Å². The third-order valence-corrected chi connectivity index (χ3v) is 3.43. The van der Waals surface area contributed by atoms with Gasteiger partial charge in [-0.1, -0.05) is 0 Å². The number of nitrogens with two attached hydrogens (primary N) is 1. The summed E-state index contributed by atoms with van der Waals surface area (Å²) in [5, 5.41) is 6.96. The van der Waals surface area contributed by atoms with E-state index in [9.17, 15) is 4.79 Å². The summed E-state index contributed by atoms with van der Waals surface area (Å²) in [6.07, 6.45) is 3.67. The van der Waals surface area contributed by atoms with Gasteiger partial charge in [-0.15, -0.1) is 24.8 Å². The summed E-state index contributed by atoms with van der Waals surface area (Å²) in [5.74, 6) is 0.454. The van der Waals surface area contributed by atoms with E-state index in [0.29, 0.717) is 5.92 Å². The van der Waals surface area contributed by atoms with Crippen LogP contribution in [0.4, 0.5) is 0 Å². The number of nitrogens with one attached hydrogen (secondary N) is 1. The number of carbonyl (C=O) groups is 1. The third-order valence-electron chi connectivity index (χ3n) is 3.43. The van der Waals surface area contributed by atoms with Crippen molar-refractivity contribution < 1.29 is 9.53 Å². The first-order valence-corrected chi connectivity index (χ1v) is 6.25. The van der Waals surface area contributed by atoms with Gasteiger partial charge < -0.3 is 15.4 Å². The maximum absolute atomic E-state index is 12.0. The first kappa shape index (κ1) is 19.2. The van der Waals surface area contributed by atoms with Crippen molar-refractivity contribution in [3.8, 4) is 0 Å². The molecule has 0 aliphatic carbocycles. The number of aromatic nitrogens is 2. The highest BCUT2D eigenvalue weighted by Crippen LogP contribution is 2.26. The van der Waals surface area contributed by atoms with Crippen molar-refractivity contribution >= 4 is 30.7 Å². The highest BCUT2D eigenvalue weighted by molar-refractivity contribution is 5.85. The van der Waals surface area contributed by atoms with Gasteiger partial charge in [0.15, 0.2) is 0 Å². The van der Waals surface area contributed by atoms with Crippen molar-refractivity contribution in [1.82, 2.24) is 15.1 Å². The van der Waals surface area contributed by atoms with Gasteiger partial charge in [0.1, 0.15) is 6.04 Å². The summed E-state index contributed by atoms with van der Waals surface area (Å²) >= 11 is 0. The number of ether oxygens (including phenoxy) is 1. The minimum Gasteiger partial charge on any atom is -0.383 e. The summed E-state index contributed by atoms with van der Waals surface area (Å²) in [7, 11) is 1.55. The Hall–Kier alpha value is -0.820. The lowest BCUT2D eigenvalue weighted by molar-refractivity contribution is -0.134. The number of rotatable bonds is 4. The minimum absolute atomic E-state index is 0. The number of aromatic amines is 1. The molecule has 1 saturated heterocycles. The van der Waals surface area contributed by atoms with Crippen molar-refractivity contribution in [2.75, 3.05) is 26.8 Å². The second-order valence-electron chi connectivity index (χ2n) is 4.67. The second kappa shape index (κ2) is 9.18. The van der Waals surface area contributed by atoms with E-state index in [1.807, 2.05) is 11.0 Å². The van der Waals surface area contributed by atoms with E-state index in [0.717, 1.165) is 31.6 Å². The van der Waals surface area contributed by atoms with Gasteiger partial charge >= 0.3 is 0 Å². The topological polar surface area (TPSA) is 84.2 Å². The fraction of sp³-hybridized carbons (Fsp3) is 0.667. The molecule has 1 atom stereocenters. The number of hydrogen-bond donors (Lipinski definition) is 2. The van der Waals surface area contributed by atoms with Crippen LogP contribution in [0.1, 0.15) is 24.5 Å². The maximum Gasteiger partial charge on any atom is 0.241 e. The van der Waals surface area contributed by atoms with Crippen LogP contribution in [-0.4, -0.2) is 53.9 Å². The molecule has 2 rings (SSSR count). The molecule has 0 bridgehead atoms. The van der Waals surface area contributed by atoms with Crippen molar-refractivity contribution in [3.05, 3.63) is 18.0 Å². The predicted molar refractivity (Wildman–Crippen MR) is 81.5 cm³/mol. The molecule has 1 unspecified atom stereocenters. The van der Waals surface area contributed by atoms with Crippen molar-refractivity contribution in [2.24, 2.45) is 5.73 Å². The SMILES string of the molecule is COCC(N)C(=O)N1CCC(c2ccn[nH]2)CC1.Cl.Cl. The average molecular weight is 325 g/mol. The molecule has 8 heteroatoms. The van der Waals surface area contributed by atoms with Crippen LogP contribution in [0.25, 0.3) is 0 Å². The van der Waals surface area contributed by atoms with E-state index < -0.39 is 6.04 Å². The number of halogens is 2. The lowest BCUT2D eigenvalue weighted by atomic mass is 9.93. The molecule has 2 heterocycles. The molecule has 1 aromatic heterocycles. The van der Waals surface area contributed by atoms with Gasteiger partial charge in [-0.05, 0) is 18.9 Å². The fourth-order valence-corrected chi connectivity index (χ4v) is 2.39. The molecule has 116 valence electrons. The number of amides is 1. The number of nitrogens with zero attached hydrogens (tertiary/aromatic N) is 2. The third kappa shape index (κ3) is 4.63. The Labute approximate surface area is 131 Å². The van der Waals surface area contributed by atoms with Gasteiger partial charge in [0.05, 0.1) is 6.61 Å². The Balaban J connectivity index is 0.00000180. The summed E-state index contributed by atoms with van der Waals surface area (Å²) in [5.41, 5.74) is 6.91. The van der Waals surface area contributed by atoms with Crippen LogP contribution < -0.4 is 5.73 Å². The van der Waals surface area contributed by atoms with Crippen LogP contribution in [0.2, 0.25) is 0 Å². The number of carbonyl (C=O) groups excluding carboxylic acids is 1. The van der Waals surface area contributed by atoms with Crippen LogP contribution in [0, 0.1) is 0 Å². The molecule has 1 aliphatic heterocycles. The maximum atomic E-state index is 12.0. The first-order valence-electron chi connectivity index (χ1n) is 6.25. The quantitative estimate of drug-likeness (QED) is 0.863. The van der Waals surface area contributed by atoms with E-state index in [1.54, 1.807) is 13.3 Å². The molecule has 0 aromatic carbocycles. The van der Waals surface area contributed by atoms with E-state index >= 15 is 0 Å². The van der Waals surface area contributed by atoms with E-state index in [2.05, 4.69) is 10.2 Å². The first-order chi connectivity index (χ1) is 8.72. The molecule has 0 spiro atoms. The van der Waals surface area contributed by atoms with Crippen molar-refractivity contribution in [2.45, 2.75) is 24.8 Å². The molecule has 1 aromatic rings. The van der Waals surface area contributed by atoms with Gasteiger partial charge in [-0.25, -0.2) is 0 Å². The zero-order valence-corrected chi connectivity index (χ0v) is 13.1. The standard InChI is InChI=1S/C12H20N4O2.2ClH/c1-18-8-10(13)12(17)16-6-3-9(4-7-16)11-2-5-14-15-11;;/h2,5,9-10H,3-4,6-8,13H2,1H3,(H,14,15);2*1H. The lowest BCUT2D eigenvalue weighted by Crippen LogP contribution is -2.48. The molecule has 1 fully saturated rings. The second-order valence-corrected chi connectivity index (χ2v) is 4.67. The molecule has 0 radical (unpaired) electrons. The lowest BCUT2D eigenvalue weighted by Gasteiger charge is -2.32. The number of piperidine rings is 1. The van der Waals surface area contributed by atoms with Gasteiger partial charge in [0.25, 0.3) is 0 Å². The van der Waals surface area contributed by atoms with E-state index in [1.165, 1.54) is 0 Å². The Morgan fingerprint density at radius 1 is 1.55 bits per heavy atom. The molecule has 3 N–H and O–H groups in total. The Bertz CT molecular complexity index is 381. The molecule has 1 amide bonds. The van der Waals surface area contributed by atoms with Gasteiger partial charge in [0, 0.05) is 38.0 Å². The van der Waals surface area contributed by atoms with Gasteiger partial charge in [-0.2, -0.15) is 5.10 Å². The minimum atomic E-state index is -0.543. The van der Waals surface area contributed by atoms with Crippen LogP contribution in [0.3, 0.4) is 0 Å². The Kier molecular flexibility index (Phi) is 8.80. The highest BCUT2D eigenvalue weighted by Gasteiger charge is 2.27. The van der Waals surface area contributed by atoms with E-state index in [-0.39, 0.29) is 37.3 Å². The van der Waals surface area contributed by atoms with Crippen molar-refractivity contribution in [3.63, 3.8) is 0 Å². The summed E-state index contributed by atoms with van der Waals surface area (Å²) < 4.78 is 4.91. The molecule has 20 heavy (non-hydrogen) atoms.